The van der Waals surface area contributed by atoms with Crippen LogP contribution >= 0.6 is 0 Å². The fraction of sp³-hybridized carbons (Fsp3) is 0.562. The first kappa shape index (κ1) is 14.0. The summed E-state index contributed by atoms with van der Waals surface area (Å²) in [7, 11) is 0. The Labute approximate surface area is 123 Å². The molecule has 0 unspecified atom stereocenters. The highest BCUT2D eigenvalue weighted by Crippen LogP contribution is 2.49. The Morgan fingerprint density at radius 3 is 2.38 bits per heavy atom. The van der Waals surface area contributed by atoms with Crippen molar-refractivity contribution in [3.8, 4) is 0 Å². The normalized spacial score (nSPS) is 30.9. The molecular formula is C16H20N2O3. The number of pyridine rings is 1. The molecule has 1 aromatic heterocycles. The van der Waals surface area contributed by atoms with Crippen LogP contribution in [0, 0.1) is 23.7 Å². The molecule has 5 nitrogen and oxygen atoms in total. The van der Waals surface area contributed by atoms with Crippen molar-refractivity contribution in [1.82, 2.24) is 10.3 Å². The number of nitrogens with zero attached hydrogens (tertiary/aromatic N) is 1. The predicted octanol–water partition coefficient (Wildman–Crippen LogP) is 1.83. The summed E-state index contributed by atoms with van der Waals surface area (Å²) in [5.74, 6) is -1.44. The number of aromatic nitrogens is 1. The van der Waals surface area contributed by atoms with Crippen molar-refractivity contribution in [3.63, 3.8) is 0 Å². The maximum atomic E-state index is 12.5. The molecule has 112 valence electrons. The molecule has 0 saturated heterocycles. The van der Waals surface area contributed by atoms with Gasteiger partial charge in [0.1, 0.15) is 0 Å². The second kappa shape index (κ2) is 5.84. The molecule has 3 aliphatic rings. The molecule has 4 rings (SSSR count). The van der Waals surface area contributed by atoms with E-state index < -0.39 is 11.9 Å². The fourth-order valence-electron chi connectivity index (χ4n) is 3.98. The molecule has 5 heteroatoms. The van der Waals surface area contributed by atoms with E-state index in [-0.39, 0.29) is 23.7 Å². The second-order valence-corrected chi connectivity index (χ2v) is 6.10. The maximum Gasteiger partial charge on any atom is 0.307 e. The van der Waals surface area contributed by atoms with Gasteiger partial charge in [-0.1, -0.05) is 6.07 Å². The lowest BCUT2D eigenvalue weighted by Crippen LogP contribution is -2.50. The van der Waals surface area contributed by atoms with Crippen LogP contribution in [0.2, 0.25) is 0 Å². The predicted molar refractivity (Wildman–Crippen MR) is 76.1 cm³/mol. The highest BCUT2D eigenvalue weighted by Gasteiger charge is 2.50. The average Bonchev–Trinajstić information content (AvgIpc) is 2.53. The minimum atomic E-state index is -0.817. The zero-order chi connectivity index (χ0) is 14.8. The van der Waals surface area contributed by atoms with E-state index in [0.717, 1.165) is 31.4 Å². The minimum Gasteiger partial charge on any atom is -0.481 e. The number of carboxylic acid groups (broad SMARTS) is 1. The molecule has 0 spiro atoms. The first-order valence-electron chi connectivity index (χ1n) is 7.57. The van der Waals surface area contributed by atoms with Gasteiger partial charge in [0.2, 0.25) is 5.91 Å². The van der Waals surface area contributed by atoms with Gasteiger partial charge in [-0.2, -0.15) is 0 Å². The summed E-state index contributed by atoms with van der Waals surface area (Å²) in [5, 5.41) is 12.3. The topological polar surface area (TPSA) is 79.3 Å². The number of rotatable bonds is 4. The molecular weight excluding hydrogens is 268 g/mol. The third-order valence-electron chi connectivity index (χ3n) is 4.98. The summed E-state index contributed by atoms with van der Waals surface area (Å²) in [6, 6.07) is 5.55. The van der Waals surface area contributed by atoms with E-state index in [2.05, 4.69) is 10.3 Å². The van der Waals surface area contributed by atoms with Crippen LogP contribution in [-0.2, 0) is 16.1 Å². The van der Waals surface area contributed by atoms with Gasteiger partial charge in [-0.25, -0.2) is 0 Å². The van der Waals surface area contributed by atoms with Crippen molar-refractivity contribution in [2.24, 2.45) is 23.7 Å². The van der Waals surface area contributed by atoms with Crippen molar-refractivity contribution < 1.29 is 14.7 Å². The Bertz CT molecular complexity index is 524. The number of carbonyl (C=O) groups excluding carboxylic acids is 1. The molecule has 1 heterocycles. The van der Waals surface area contributed by atoms with E-state index in [0.29, 0.717) is 6.54 Å². The lowest BCUT2D eigenvalue weighted by atomic mass is 9.58. The van der Waals surface area contributed by atoms with E-state index in [4.69, 9.17) is 0 Å². The zero-order valence-corrected chi connectivity index (χ0v) is 11.9. The molecule has 1 amide bonds. The maximum absolute atomic E-state index is 12.5. The first-order chi connectivity index (χ1) is 10.2. The molecule has 0 aromatic carbocycles. The molecule has 0 radical (unpaired) electrons. The Balaban J connectivity index is 1.69. The quantitative estimate of drug-likeness (QED) is 0.886. The van der Waals surface area contributed by atoms with E-state index >= 15 is 0 Å². The number of fused-ring (bicyclic) bond motifs is 3. The van der Waals surface area contributed by atoms with Gasteiger partial charge in [0.25, 0.3) is 0 Å². The van der Waals surface area contributed by atoms with Gasteiger partial charge in [0.05, 0.1) is 24.1 Å². The number of carboxylic acids is 1. The summed E-state index contributed by atoms with van der Waals surface area (Å²) >= 11 is 0. The van der Waals surface area contributed by atoms with Gasteiger partial charge >= 0.3 is 5.97 Å². The largest absolute Gasteiger partial charge is 0.481 e. The number of carbonyl (C=O) groups is 2. The summed E-state index contributed by atoms with van der Waals surface area (Å²) < 4.78 is 0. The van der Waals surface area contributed by atoms with E-state index in [9.17, 15) is 14.7 Å². The van der Waals surface area contributed by atoms with Crippen LogP contribution in [0.5, 0.6) is 0 Å². The molecule has 2 bridgehead atoms. The van der Waals surface area contributed by atoms with Gasteiger partial charge < -0.3 is 10.4 Å². The summed E-state index contributed by atoms with van der Waals surface area (Å²) in [4.78, 5) is 28.2. The molecule has 0 aliphatic heterocycles. The Morgan fingerprint density at radius 2 is 1.81 bits per heavy atom. The van der Waals surface area contributed by atoms with Crippen molar-refractivity contribution >= 4 is 11.9 Å². The van der Waals surface area contributed by atoms with Crippen LogP contribution in [0.3, 0.4) is 0 Å². The smallest absolute Gasteiger partial charge is 0.307 e. The molecule has 21 heavy (non-hydrogen) atoms. The van der Waals surface area contributed by atoms with Gasteiger partial charge in [0.15, 0.2) is 0 Å². The fourth-order valence-corrected chi connectivity index (χ4v) is 3.98. The second-order valence-electron chi connectivity index (χ2n) is 6.10. The van der Waals surface area contributed by atoms with E-state index in [1.54, 1.807) is 6.20 Å². The van der Waals surface area contributed by atoms with Crippen LogP contribution in [0.4, 0.5) is 0 Å². The number of aliphatic carboxylic acids is 1. The molecule has 3 aliphatic carbocycles. The number of hydrogen-bond acceptors (Lipinski definition) is 3. The number of hydrogen-bond donors (Lipinski definition) is 2. The van der Waals surface area contributed by atoms with Crippen molar-refractivity contribution in [2.45, 2.75) is 32.2 Å². The zero-order valence-electron chi connectivity index (χ0n) is 11.9. The lowest BCUT2D eigenvalue weighted by Gasteiger charge is -2.45. The van der Waals surface area contributed by atoms with Crippen LogP contribution in [0.25, 0.3) is 0 Å². The van der Waals surface area contributed by atoms with Crippen molar-refractivity contribution in [3.05, 3.63) is 30.1 Å². The Hall–Kier alpha value is -1.91. The first-order valence-corrected chi connectivity index (χ1v) is 7.57. The van der Waals surface area contributed by atoms with Gasteiger partial charge in [-0.3, -0.25) is 14.6 Å². The number of nitrogens with one attached hydrogen (secondary N) is 1. The van der Waals surface area contributed by atoms with E-state index in [1.165, 1.54) is 0 Å². The highest BCUT2D eigenvalue weighted by atomic mass is 16.4. The third-order valence-corrected chi connectivity index (χ3v) is 4.98. The number of amides is 1. The van der Waals surface area contributed by atoms with Crippen LogP contribution in [0.1, 0.15) is 31.4 Å². The summed E-state index contributed by atoms with van der Waals surface area (Å²) in [6.45, 7) is 0.361. The molecule has 1 aromatic rings. The lowest BCUT2D eigenvalue weighted by molar-refractivity contribution is -0.158. The van der Waals surface area contributed by atoms with Crippen LogP contribution in [-0.4, -0.2) is 22.0 Å². The SMILES string of the molecule is O=C(O)[C@@H]1C2CCC(CC2)[C@@H]1C(=O)NCc1ccccn1. The molecule has 3 saturated carbocycles. The van der Waals surface area contributed by atoms with Gasteiger partial charge in [-0.05, 0) is 49.7 Å². The average molecular weight is 288 g/mol. The molecule has 2 atom stereocenters. The van der Waals surface area contributed by atoms with Crippen LogP contribution < -0.4 is 5.32 Å². The van der Waals surface area contributed by atoms with Crippen molar-refractivity contribution in [2.75, 3.05) is 0 Å². The third kappa shape index (κ3) is 2.77. The van der Waals surface area contributed by atoms with Crippen molar-refractivity contribution in [1.29, 1.82) is 0 Å². The molecule has 2 N–H and O–H groups in total. The Kier molecular flexibility index (Phi) is 3.90. The summed E-state index contributed by atoms with van der Waals surface area (Å²) in [6.07, 6.45) is 5.55. The van der Waals surface area contributed by atoms with E-state index in [1.807, 2.05) is 18.2 Å². The molecule has 3 fully saturated rings. The van der Waals surface area contributed by atoms with Gasteiger partial charge in [0, 0.05) is 6.20 Å². The summed E-state index contributed by atoms with van der Waals surface area (Å²) in [5.41, 5.74) is 0.790. The standard InChI is InChI=1S/C16H20N2O3/c19-15(18-9-12-3-1-2-8-17-12)13-10-4-6-11(7-5-10)14(13)16(20)21/h1-3,8,10-11,13-14H,4-7,9H2,(H,18,19)(H,20,21)/t10?,11?,13-,14+/m0/s1. The van der Waals surface area contributed by atoms with Gasteiger partial charge in [-0.15, -0.1) is 0 Å². The minimum absolute atomic E-state index is 0.123. The highest BCUT2D eigenvalue weighted by molar-refractivity contribution is 5.85. The monoisotopic (exact) mass is 288 g/mol. The Morgan fingerprint density at radius 1 is 1.14 bits per heavy atom. The van der Waals surface area contributed by atoms with Crippen LogP contribution in [0.15, 0.2) is 24.4 Å².